The van der Waals surface area contributed by atoms with Crippen molar-refractivity contribution in [2.45, 2.75) is 19.9 Å². The van der Waals surface area contributed by atoms with Gasteiger partial charge in [0.1, 0.15) is 6.04 Å². The zero-order valence-electron chi connectivity index (χ0n) is 6.96. The number of aliphatic hydroxyl groups is 1. The van der Waals surface area contributed by atoms with Gasteiger partial charge < -0.3 is 15.2 Å². The van der Waals surface area contributed by atoms with Crippen molar-refractivity contribution in [3.63, 3.8) is 0 Å². The minimum absolute atomic E-state index is 0.216. The number of ether oxygens (including phenoxy) is 1. The van der Waals surface area contributed by atoms with Crippen LogP contribution in [0.25, 0.3) is 0 Å². The van der Waals surface area contributed by atoms with Crippen molar-refractivity contribution in [3.05, 3.63) is 0 Å². The lowest BCUT2D eigenvalue weighted by Gasteiger charge is -2.12. The molecule has 0 saturated heterocycles. The van der Waals surface area contributed by atoms with Crippen LogP contribution in [-0.2, 0) is 9.53 Å². The van der Waals surface area contributed by atoms with Gasteiger partial charge in [0.2, 0.25) is 0 Å². The van der Waals surface area contributed by atoms with Gasteiger partial charge in [-0.25, -0.2) is 0 Å². The van der Waals surface area contributed by atoms with Crippen LogP contribution in [0.5, 0.6) is 0 Å². The predicted octanol–water partition coefficient (Wildman–Crippen LogP) is -0.480. The zero-order chi connectivity index (χ0) is 8.69. The molecule has 0 aromatic heterocycles. The van der Waals surface area contributed by atoms with E-state index in [-0.39, 0.29) is 6.61 Å². The highest BCUT2D eigenvalue weighted by molar-refractivity contribution is 5.75. The van der Waals surface area contributed by atoms with Crippen molar-refractivity contribution < 1.29 is 14.6 Å². The van der Waals surface area contributed by atoms with Crippen LogP contribution in [0, 0.1) is 0 Å². The number of nitrogens with one attached hydrogen (secondary N) is 1. The Morgan fingerprint density at radius 2 is 2.27 bits per heavy atom. The second-order valence-corrected chi connectivity index (χ2v) is 2.04. The summed E-state index contributed by atoms with van der Waals surface area (Å²) >= 11 is 0. The number of likely N-dealkylation sites (N-methyl/N-ethyl adjacent to an activating group) is 1. The van der Waals surface area contributed by atoms with Gasteiger partial charge in [-0.1, -0.05) is 6.92 Å². The molecule has 0 aromatic carbocycles. The van der Waals surface area contributed by atoms with E-state index in [1.807, 2.05) is 6.92 Å². The van der Waals surface area contributed by atoms with Crippen LogP contribution in [0.15, 0.2) is 0 Å². The molecule has 0 radical (unpaired) electrons. The fraction of sp³-hybridized carbons (Fsp3) is 0.857. The summed E-state index contributed by atoms with van der Waals surface area (Å²) in [6.07, 6.45) is 0. The maximum absolute atomic E-state index is 10.9. The number of carbonyl (C=O) groups excluding carboxylic acids is 1. The highest BCUT2D eigenvalue weighted by Crippen LogP contribution is 1.87. The summed E-state index contributed by atoms with van der Waals surface area (Å²) in [6, 6.07) is -0.569. The van der Waals surface area contributed by atoms with Crippen LogP contribution >= 0.6 is 0 Å². The topological polar surface area (TPSA) is 58.6 Å². The van der Waals surface area contributed by atoms with Gasteiger partial charge in [-0.15, -0.1) is 0 Å². The molecule has 4 heteroatoms. The Morgan fingerprint density at radius 3 is 2.64 bits per heavy atom. The minimum Gasteiger partial charge on any atom is -0.465 e. The number of hydrogen-bond acceptors (Lipinski definition) is 4. The van der Waals surface area contributed by atoms with Crippen molar-refractivity contribution in [2.24, 2.45) is 0 Å². The molecule has 66 valence electrons. The molecule has 0 rings (SSSR count). The van der Waals surface area contributed by atoms with Crippen molar-refractivity contribution in [1.29, 1.82) is 0 Å². The summed E-state index contributed by atoms with van der Waals surface area (Å²) in [5.41, 5.74) is 0. The van der Waals surface area contributed by atoms with E-state index in [4.69, 9.17) is 5.11 Å². The first-order valence-electron chi connectivity index (χ1n) is 3.77. The molecule has 0 spiro atoms. The molecule has 1 unspecified atom stereocenters. The Hall–Kier alpha value is -0.610. The third-order valence-corrected chi connectivity index (χ3v) is 1.20. The van der Waals surface area contributed by atoms with Gasteiger partial charge in [-0.2, -0.15) is 0 Å². The first-order chi connectivity index (χ1) is 5.26. The number of aliphatic hydroxyl groups excluding tert-OH is 1. The lowest BCUT2D eigenvalue weighted by molar-refractivity contribution is -0.146. The molecule has 0 aliphatic heterocycles. The third-order valence-electron chi connectivity index (χ3n) is 1.20. The molecule has 4 nitrogen and oxygen atoms in total. The van der Waals surface area contributed by atoms with Gasteiger partial charge in [0.25, 0.3) is 0 Å². The summed E-state index contributed by atoms with van der Waals surface area (Å²) in [5.74, 6) is -0.392. The van der Waals surface area contributed by atoms with Crippen molar-refractivity contribution in [3.8, 4) is 0 Å². The fourth-order valence-corrected chi connectivity index (χ4v) is 0.712. The molecular formula is C7H15NO3. The van der Waals surface area contributed by atoms with Gasteiger partial charge in [0.15, 0.2) is 0 Å². The van der Waals surface area contributed by atoms with E-state index in [1.165, 1.54) is 0 Å². The molecule has 0 aliphatic carbocycles. The molecule has 0 fully saturated rings. The second-order valence-electron chi connectivity index (χ2n) is 2.04. The normalized spacial score (nSPS) is 12.6. The zero-order valence-corrected chi connectivity index (χ0v) is 6.96. The highest BCUT2D eigenvalue weighted by Gasteiger charge is 2.16. The van der Waals surface area contributed by atoms with Crippen LogP contribution in [0.1, 0.15) is 13.8 Å². The molecule has 0 aromatic rings. The van der Waals surface area contributed by atoms with E-state index in [0.29, 0.717) is 13.2 Å². The lowest BCUT2D eigenvalue weighted by atomic mass is 10.3. The number of hydrogen-bond donors (Lipinski definition) is 2. The van der Waals surface area contributed by atoms with Crippen molar-refractivity contribution in [1.82, 2.24) is 5.32 Å². The minimum atomic E-state index is -0.569. The Balaban J connectivity index is 3.71. The molecule has 0 saturated carbocycles. The quantitative estimate of drug-likeness (QED) is 0.535. The van der Waals surface area contributed by atoms with E-state index in [2.05, 4.69) is 10.1 Å². The standard InChI is InChI=1S/C7H15NO3/c1-3-8-6(5-9)7(10)11-4-2/h6,8-9H,3-5H2,1-2H3. The average molecular weight is 161 g/mol. The first-order valence-corrected chi connectivity index (χ1v) is 3.77. The Morgan fingerprint density at radius 1 is 1.64 bits per heavy atom. The lowest BCUT2D eigenvalue weighted by Crippen LogP contribution is -2.40. The van der Waals surface area contributed by atoms with E-state index in [1.54, 1.807) is 6.92 Å². The first kappa shape index (κ1) is 10.4. The van der Waals surface area contributed by atoms with Gasteiger partial charge in [-0.3, -0.25) is 4.79 Å². The largest absolute Gasteiger partial charge is 0.465 e. The van der Waals surface area contributed by atoms with Gasteiger partial charge in [0.05, 0.1) is 13.2 Å². The van der Waals surface area contributed by atoms with Crippen LogP contribution in [0.2, 0.25) is 0 Å². The summed E-state index contributed by atoms with van der Waals surface area (Å²) in [6.45, 7) is 4.37. The number of carbonyl (C=O) groups is 1. The number of rotatable bonds is 5. The molecule has 2 N–H and O–H groups in total. The van der Waals surface area contributed by atoms with E-state index in [0.717, 1.165) is 0 Å². The maximum atomic E-state index is 10.9. The molecule has 0 amide bonds. The number of esters is 1. The van der Waals surface area contributed by atoms with Crippen molar-refractivity contribution >= 4 is 5.97 Å². The van der Waals surface area contributed by atoms with E-state index in [9.17, 15) is 4.79 Å². The second kappa shape index (κ2) is 6.12. The van der Waals surface area contributed by atoms with Crippen molar-refractivity contribution in [2.75, 3.05) is 19.8 Å². The van der Waals surface area contributed by atoms with Crippen LogP contribution in [0.4, 0.5) is 0 Å². The Labute approximate surface area is 66.5 Å². The van der Waals surface area contributed by atoms with Gasteiger partial charge >= 0.3 is 5.97 Å². The van der Waals surface area contributed by atoms with Crippen LogP contribution in [0.3, 0.4) is 0 Å². The maximum Gasteiger partial charge on any atom is 0.325 e. The SMILES string of the molecule is CCNC(CO)C(=O)OCC. The predicted molar refractivity (Wildman–Crippen MR) is 41.2 cm³/mol. The molecule has 1 atom stereocenters. The molecule has 0 heterocycles. The molecule has 0 aliphatic rings. The highest BCUT2D eigenvalue weighted by atomic mass is 16.5. The van der Waals surface area contributed by atoms with Gasteiger partial charge in [0, 0.05) is 0 Å². The summed E-state index contributed by atoms with van der Waals surface area (Å²) < 4.78 is 4.69. The smallest absolute Gasteiger partial charge is 0.325 e. The molecule has 11 heavy (non-hydrogen) atoms. The average Bonchev–Trinajstić information content (AvgIpc) is 2.00. The van der Waals surface area contributed by atoms with Gasteiger partial charge in [-0.05, 0) is 13.5 Å². The van der Waals surface area contributed by atoms with E-state index < -0.39 is 12.0 Å². The Kier molecular flexibility index (Phi) is 5.78. The third kappa shape index (κ3) is 3.95. The molecule has 0 bridgehead atoms. The monoisotopic (exact) mass is 161 g/mol. The molecular weight excluding hydrogens is 146 g/mol. The van der Waals surface area contributed by atoms with Crippen LogP contribution < -0.4 is 5.32 Å². The fourth-order valence-electron chi connectivity index (χ4n) is 0.712. The Bertz CT molecular complexity index is 116. The van der Waals surface area contributed by atoms with Crippen LogP contribution in [-0.4, -0.2) is 36.9 Å². The van der Waals surface area contributed by atoms with E-state index >= 15 is 0 Å². The summed E-state index contributed by atoms with van der Waals surface area (Å²) in [7, 11) is 0. The summed E-state index contributed by atoms with van der Waals surface area (Å²) in [4.78, 5) is 10.9. The summed E-state index contributed by atoms with van der Waals surface area (Å²) in [5, 5.41) is 11.5.